The maximum absolute atomic E-state index is 4.61. The third-order valence-electron chi connectivity index (χ3n) is 3.50. The Morgan fingerprint density at radius 1 is 1.11 bits per heavy atom. The molecule has 19 heavy (non-hydrogen) atoms. The molecule has 2 aromatic rings. The molecule has 4 heteroatoms. The number of nitrogens with zero attached hydrogens (tertiary/aromatic N) is 4. The molecule has 0 bridgehead atoms. The van der Waals surface area contributed by atoms with Gasteiger partial charge in [-0.2, -0.15) is 4.98 Å². The lowest BCUT2D eigenvalue weighted by Gasteiger charge is -2.29. The standard InChI is InChI=1S/C15H18N4/c1-18(2)14-7-9-16-15(17-14)19-10-8-12-5-3-4-6-13(12)11-19/h3-7,9H,8,10-11H2,1-2H3. The molecule has 98 valence electrons. The maximum Gasteiger partial charge on any atom is 0.227 e. The summed E-state index contributed by atoms with van der Waals surface area (Å²) in [7, 11) is 4.00. The Labute approximate surface area is 113 Å². The van der Waals surface area contributed by atoms with E-state index >= 15 is 0 Å². The van der Waals surface area contributed by atoms with Crippen molar-refractivity contribution in [1.29, 1.82) is 0 Å². The lowest BCUT2D eigenvalue weighted by molar-refractivity contribution is 0.707. The van der Waals surface area contributed by atoms with Crippen LogP contribution < -0.4 is 9.80 Å². The van der Waals surface area contributed by atoms with Gasteiger partial charge in [-0.1, -0.05) is 24.3 Å². The first-order chi connectivity index (χ1) is 9.24. The van der Waals surface area contributed by atoms with Crippen molar-refractivity contribution in [2.24, 2.45) is 0 Å². The number of hydrogen-bond donors (Lipinski definition) is 0. The molecule has 1 aromatic carbocycles. The lowest BCUT2D eigenvalue weighted by atomic mass is 10.0. The summed E-state index contributed by atoms with van der Waals surface area (Å²) in [5, 5.41) is 0. The normalized spacial score (nSPS) is 14.1. The van der Waals surface area contributed by atoms with E-state index < -0.39 is 0 Å². The number of anilines is 2. The van der Waals surface area contributed by atoms with Gasteiger partial charge in [-0.15, -0.1) is 0 Å². The molecule has 3 rings (SSSR count). The number of hydrogen-bond acceptors (Lipinski definition) is 4. The zero-order chi connectivity index (χ0) is 13.2. The van der Waals surface area contributed by atoms with Gasteiger partial charge in [-0.05, 0) is 23.6 Å². The van der Waals surface area contributed by atoms with Gasteiger partial charge >= 0.3 is 0 Å². The van der Waals surface area contributed by atoms with E-state index in [0.717, 1.165) is 31.3 Å². The number of rotatable bonds is 2. The zero-order valence-corrected chi connectivity index (χ0v) is 11.4. The van der Waals surface area contributed by atoms with Crippen molar-refractivity contribution < 1.29 is 0 Å². The van der Waals surface area contributed by atoms with Crippen LogP contribution in [0.3, 0.4) is 0 Å². The molecule has 0 atom stereocenters. The van der Waals surface area contributed by atoms with Gasteiger partial charge in [-0.25, -0.2) is 4.98 Å². The van der Waals surface area contributed by atoms with Crippen molar-refractivity contribution in [2.75, 3.05) is 30.4 Å². The number of fused-ring (bicyclic) bond motifs is 1. The van der Waals surface area contributed by atoms with E-state index in [2.05, 4.69) is 39.1 Å². The van der Waals surface area contributed by atoms with Gasteiger partial charge in [0.2, 0.25) is 5.95 Å². The summed E-state index contributed by atoms with van der Waals surface area (Å²) in [5.41, 5.74) is 2.83. The summed E-state index contributed by atoms with van der Waals surface area (Å²) in [5.74, 6) is 1.77. The number of aromatic nitrogens is 2. The molecule has 1 aliphatic heterocycles. The van der Waals surface area contributed by atoms with Crippen LogP contribution in [0.5, 0.6) is 0 Å². The van der Waals surface area contributed by atoms with Crippen molar-refractivity contribution in [2.45, 2.75) is 13.0 Å². The van der Waals surface area contributed by atoms with Crippen LogP contribution in [0.2, 0.25) is 0 Å². The monoisotopic (exact) mass is 254 g/mol. The Hall–Kier alpha value is -2.10. The predicted octanol–water partition coefficient (Wildman–Crippen LogP) is 2.11. The highest BCUT2D eigenvalue weighted by Crippen LogP contribution is 2.22. The van der Waals surface area contributed by atoms with E-state index in [1.807, 2.05) is 31.3 Å². The molecular formula is C15H18N4. The summed E-state index contributed by atoms with van der Waals surface area (Å²) < 4.78 is 0. The van der Waals surface area contributed by atoms with Crippen LogP contribution in [0.1, 0.15) is 11.1 Å². The zero-order valence-electron chi connectivity index (χ0n) is 11.4. The minimum atomic E-state index is 0.820. The highest BCUT2D eigenvalue weighted by molar-refractivity contribution is 5.45. The van der Waals surface area contributed by atoms with Crippen molar-refractivity contribution in [3.63, 3.8) is 0 Å². The first kappa shape index (κ1) is 12.0. The Morgan fingerprint density at radius 3 is 2.68 bits per heavy atom. The summed E-state index contributed by atoms with van der Waals surface area (Å²) in [6.45, 7) is 1.88. The van der Waals surface area contributed by atoms with Gasteiger partial charge in [0, 0.05) is 33.4 Å². The van der Waals surface area contributed by atoms with E-state index in [-0.39, 0.29) is 0 Å². The molecule has 0 aliphatic carbocycles. The Kier molecular flexibility index (Phi) is 3.07. The van der Waals surface area contributed by atoms with Crippen molar-refractivity contribution in [1.82, 2.24) is 9.97 Å². The van der Waals surface area contributed by atoms with Gasteiger partial charge < -0.3 is 9.80 Å². The summed E-state index contributed by atoms with van der Waals surface area (Å²) in [6.07, 6.45) is 2.89. The summed E-state index contributed by atoms with van der Waals surface area (Å²) in [4.78, 5) is 13.3. The van der Waals surface area contributed by atoms with Gasteiger partial charge in [-0.3, -0.25) is 0 Å². The molecule has 1 aliphatic rings. The second kappa shape index (κ2) is 4.88. The molecule has 0 fully saturated rings. The van der Waals surface area contributed by atoms with E-state index in [9.17, 15) is 0 Å². The molecule has 4 nitrogen and oxygen atoms in total. The fourth-order valence-corrected chi connectivity index (χ4v) is 2.41. The minimum absolute atomic E-state index is 0.820. The second-order valence-electron chi connectivity index (χ2n) is 5.05. The van der Waals surface area contributed by atoms with Crippen LogP contribution in [0.25, 0.3) is 0 Å². The quantitative estimate of drug-likeness (QED) is 0.821. The fourth-order valence-electron chi connectivity index (χ4n) is 2.41. The van der Waals surface area contributed by atoms with Crippen molar-refractivity contribution in [3.8, 4) is 0 Å². The number of benzene rings is 1. The molecule has 0 saturated heterocycles. The fraction of sp³-hybridized carbons (Fsp3) is 0.333. The molecular weight excluding hydrogens is 236 g/mol. The van der Waals surface area contributed by atoms with E-state index in [1.54, 1.807) is 0 Å². The molecule has 0 radical (unpaired) electrons. The van der Waals surface area contributed by atoms with Crippen LogP contribution in [-0.4, -0.2) is 30.6 Å². The second-order valence-corrected chi connectivity index (χ2v) is 5.05. The van der Waals surface area contributed by atoms with Crippen LogP contribution in [0, 0.1) is 0 Å². The highest BCUT2D eigenvalue weighted by atomic mass is 15.3. The molecule has 0 saturated carbocycles. The molecule has 2 heterocycles. The third kappa shape index (κ3) is 2.38. The summed E-state index contributed by atoms with van der Waals surface area (Å²) >= 11 is 0. The first-order valence-electron chi connectivity index (χ1n) is 6.56. The van der Waals surface area contributed by atoms with Crippen LogP contribution in [0.4, 0.5) is 11.8 Å². The molecule has 1 aromatic heterocycles. The van der Waals surface area contributed by atoms with Crippen LogP contribution in [-0.2, 0) is 13.0 Å². The van der Waals surface area contributed by atoms with Gasteiger partial charge in [0.15, 0.2) is 0 Å². The Balaban J connectivity index is 1.87. The molecule has 0 N–H and O–H groups in total. The predicted molar refractivity (Wildman–Crippen MR) is 77.6 cm³/mol. The molecule has 0 unspecified atom stereocenters. The largest absolute Gasteiger partial charge is 0.363 e. The van der Waals surface area contributed by atoms with Gasteiger partial charge in [0.1, 0.15) is 5.82 Å². The average molecular weight is 254 g/mol. The molecule has 0 spiro atoms. The Morgan fingerprint density at radius 2 is 1.89 bits per heavy atom. The van der Waals surface area contributed by atoms with E-state index in [4.69, 9.17) is 0 Å². The molecule has 0 amide bonds. The average Bonchev–Trinajstić information content (AvgIpc) is 2.47. The van der Waals surface area contributed by atoms with E-state index in [0.29, 0.717) is 0 Å². The highest BCUT2D eigenvalue weighted by Gasteiger charge is 2.18. The van der Waals surface area contributed by atoms with Crippen LogP contribution in [0.15, 0.2) is 36.5 Å². The first-order valence-corrected chi connectivity index (χ1v) is 6.56. The van der Waals surface area contributed by atoms with Crippen molar-refractivity contribution in [3.05, 3.63) is 47.7 Å². The topological polar surface area (TPSA) is 32.3 Å². The maximum atomic E-state index is 4.61. The smallest absolute Gasteiger partial charge is 0.227 e. The van der Waals surface area contributed by atoms with E-state index in [1.165, 1.54) is 11.1 Å². The van der Waals surface area contributed by atoms with Gasteiger partial charge in [0.05, 0.1) is 0 Å². The van der Waals surface area contributed by atoms with Crippen molar-refractivity contribution >= 4 is 11.8 Å². The Bertz CT molecular complexity index is 580. The third-order valence-corrected chi connectivity index (χ3v) is 3.50. The van der Waals surface area contributed by atoms with Crippen LogP contribution >= 0.6 is 0 Å². The lowest BCUT2D eigenvalue weighted by Crippen LogP contribution is -2.32. The summed E-state index contributed by atoms with van der Waals surface area (Å²) in [6, 6.07) is 10.5. The SMILES string of the molecule is CN(C)c1ccnc(N2CCc3ccccc3C2)n1. The van der Waals surface area contributed by atoms with Gasteiger partial charge in [0.25, 0.3) is 0 Å². The minimum Gasteiger partial charge on any atom is -0.363 e.